The first-order valence-corrected chi connectivity index (χ1v) is 3.60. The van der Waals surface area contributed by atoms with Gasteiger partial charge in [-0.2, -0.15) is 0 Å². The first kappa shape index (κ1) is 9.66. The van der Waals surface area contributed by atoms with Crippen molar-refractivity contribution in [3.63, 3.8) is 0 Å². The molecular weight excluding hydrogens is 128 g/mol. The molecule has 2 N–H and O–H groups in total. The van der Waals surface area contributed by atoms with Gasteiger partial charge in [0.1, 0.15) is 0 Å². The molecule has 0 aliphatic carbocycles. The minimum atomic E-state index is -0.0811. The average Bonchev–Trinajstić information content (AvgIpc) is 1.90. The summed E-state index contributed by atoms with van der Waals surface area (Å²) in [5.41, 5.74) is 0. The fraction of sp³-hybridized carbons (Fsp3) is 0.750. The number of rotatable bonds is 4. The molecule has 2 nitrogen and oxygen atoms in total. The molecule has 0 amide bonds. The molecule has 0 aromatic carbocycles. The molecule has 0 fully saturated rings. The second-order valence-electron chi connectivity index (χ2n) is 2.75. The Morgan fingerprint density at radius 1 is 1.10 bits per heavy atom. The lowest BCUT2D eigenvalue weighted by Gasteiger charge is -2.03. The molecule has 0 spiro atoms. The Hall–Kier alpha value is -0.340. The van der Waals surface area contributed by atoms with Crippen molar-refractivity contribution in [2.75, 3.05) is 13.2 Å². The molecule has 0 aromatic rings. The van der Waals surface area contributed by atoms with Crippen LogP contribution >= 0.6 is 0 Å². The Kier molecular flexibility index (Phi) is 5.26. The van der Waals surface area contributed by atoms with Crippen molar-refractivity contribution in [3.05, 3.63) is 12.2 Å². The summed E-state index contributed by atoms with van der Waals surface area (Å²) in [7, 11) is 0. The van der Waals surface area contributed by atoms with Crippen molar-refractivity contribution in [2.45, 2.75) is 13.8 Å². The maximum Gasteiger partial charge on any atom is 0.0515 e. The van der Waals surface area contributed by atoms with Gasteiger partial charge in [-0.05, 0) is 5.92 Å². The quantitative estimate of drug-likeness (QED) is 0.573. The molecule has 0 aliphatic rings. The van der Waals surface area contributed by atoms with Gasteiger partial charge in [-0.1, -0.05) is 26.0 Å². The van der Waals surface area contributed by atoms with Crippen molar-refractivity contribution in [2.24, 2.45) is 11.8 Å². The van der Waals surface area contributed by atoms with Crippen LogP contribution in [-0.2, 0) is 0 Å². The van der Waals surface area contributed by atoms with Gasteiger partial charge in [0.05, 0.1) is 13.2 Å². The second kappa shape index (κ2) is 5.45. The summed E-state index contributed by atoms with van der Waals surface area (Å²) in [6, 6.07) is 0. The van der Waals surface area contributed by atoms with E-state index in [9.17, 15) is 0 Å². The Morgan fingerprint density at radius 3 is 1.90 bits per heavy atom. The van der Waals surface area contributed by atoms with E-state index >= 15 is 0 Å². The monoisotopic (exact) mass is 144 g/mol. The maximum atomic E-state index is 8.63. The number of allylic oxidation sites excluding steroid dienone is 1. The fourth-order valence-corrected chi connectivity index (χ4v) is 0.559. The molecule has 60 valence electrons. The van der Waals surface area contributed by atoms with Gasteiger partial charge in [0.2, 0.25) is 0 Å². The Bertz CT molecular complexity index is 93.4. The van der Waals surface area contributed by atoms with Crippen LogP contribution in [0, 0.1) is 11.8 Å². The summed E-state index contributed by atoms with van der Waals surface area (Å²) >= 11 is 0. The molecule has 2 heteroatoms. The van der Waals surface area contributed by atoms with Gasteiger partial charge in [-0.25, -0.2) is 0 Å². The Balaban J connectivity index is 3.61. The van der Waals surface area contributed by atoms with E-state index in [0.29, 0.717) is 5.92 Å². The van der Waals surface area contributed by atoms with Gasteiger partial charge < -0.3 is 10.2 Å². The zero-order valence-corrected chi connectivity index (χ0v) is 6.62. The summed E-state index contributed by atoms with van der Waals surface area (Å²) < 4.78 is 0. The van der Waals surface area contributed by atoms with Crippen molar-refractivity contribution in [1.29, 1.82) is 0 Å². The number of aliphatic hydroxyl groups is 2. The summed E-state index contributed by atoms with van der Waals surface area (Å²) in [5.74, 6) is 0.406. The van der Waals surface area contributed by atoms with Crippen molar-refractivity contribution < 1.29 is 10.2 Å². The minimum Gasteiger partial charge on any atom is -0.396 e. The summed E-state index contributed by atoms with van der Waals surface area (Å²) in [5, 5.41) is 17.3. The normalized spacial score (nSPS) is 12.2. The van der Waals surface area contributed by atoms with Crippen LogP contribution in [0.4, 0.5) is 0 Å². The molecule has 0 saturated heterocycles. The van der Waals surface area contributed by atoms with E-state index in [2.05, 4.69) is 13.8 Å². The van der Waals surface area contributed by atoms with Crippen molar-refractivity contribution >= 4 is 0 Å². The highest BCUT2D eigenvalue weighted by molar-refractivity contribution is 4.89. The van der Waals surface area contributed by atoms with Gasteiger partial charge in [0.25, 0.3) is 0 Å². The van der Waals surface area contributed by atoms with E-state index in [1.54, 1.807) is 0 Å². The third-order valence-electron chi connectivity index (χ3n) is 1.24. The highest BCUT2D eigenvalue weighted by atomic mass is 16.3. The SMILES string of the molecule is CC(C)C=CC(CO)CO. The van der Waals surface area contributed by atoms with Crippen LogP contribution in [-0.4, -0.2) is 23.4 Å². The lowest BCUT2D eigenvalue weighted by molar-refractivity contribution is 0.177. The topological polar surface area (TPSA) is 40.5 Å². The van der Waals surface area contributed by atoms with Crippen LogP contribution < -0.4 is 0 Å². The Morgan fingerprint density at radius 2 is 1.60 bits per heavy atom. The molecule has 0 aromatic heterocycles. The maximum absolute atomic E-state index is 8.63. The van der Waals surface area contributed by atoms with Gasteiger partial charge in [-0.15, -0.1) is 0 Å². The second-order valence-corrected chi connectivity index (χ2v) is 2.75. The number of hydrogen-bond acceptors (Lipinski definition) is 2. The molecule has 0 bridgehead atoms. The van der Waals surface area contributed by atoms with Gasteiger partial charge in [-0.3, -0.25) is 0 Å². The summed E-state index contributed by atoms with van der Waals surface area (Å²) in [6.07, 6.45) is 3.84. The third kappa shape index (κ3) is 4.53. The molecule has 0 aliphatic heterocycles. The standard InChI is InChI=1S/C8H16O2/c1-7(2)3-4-8(5-9)6-10/h3-4,7-10H,5-6H2,1-2H3. The van der Waals surface area contributed by atoms with E-state index in [1.807, 2.05) is 12.2 Å². The van der Waals surface area contributed by atoms with Gasteiger partial charge >= 0.3 is 0 Å². The zero-order valence-electron chi connectivity index (χ0n) is 6.62. The minimum absolute atomic E-state index is 0.0275. The molecular formula is C8H16O2. The lowest BCUT2D eigenvalue weighted by Crippen LogP contribution is -2.07. The molecule has 0 unspecified atom stereocenters. The molecule has 0 atom stereocenters. The fourth-order valence-electron chi connectivity index (χ4n) is 0.559. The van der Waals surface area contributed by atoms with E-state index in [1.165, 1.54) is 0 Å². The lowest BCUT2D eigenvalue weighted by atomic mass is 10.1. The van der Waals surface area contributed by atoms with Crippen LogP contribution in [0.2, 0.25) is 0 Å². The molecule has 0 heterocycles. The van der Waals surface area contributed by atoms with Crippen LogP contribution in [0.25, 0.3) is 0 Å². The van der Waals surface area contributed by atoms with Crippen LogP contribution in [0.15, 0.2) is 12.2 Å². The number of hydrogen-bond donors (Lipinski definition) is 2. The van der Waals surface area contributed by atoms with Gasteiger partial charge in [0.15, 0.2) is 0 Å². The van der Waals surface area contributed by atoms with Crippen LogP contribution in [0.5, 0.6) is 0 Å². The van der Waals surface area contributed by atoms with E-state index in [-0.39, 0.29) is 19.1 Å². The molecule has 0 rings (SSSR count). The molecule has 10 heavy (non-hydrogen) atoms. The smallest absolute Gasteiger partial charge is 0.0515 e. The first-order valence-electron chi connectivity index (χ1n) is 3.60. The van der Waals surface area contributed by atoms with E-state index in [0.717, 1.165) is 0 Å². The average molecular weight is 144 g/mol. The van der Waals surface area contributed by atoms with Crippen molar-refractivity contribution in [1.82, 2.24) is 0 Å². The largest absolute Gasteiger partial charge is 0.396 e. The van der Waals surface area contributed by atoms with Crippen molar-refractivity contribution in [3.8, 4) is 0 Å². The van der Waals surface area contributed by atoms with E-state index < -0.39 is 0 Å². The highest BCUT2D eigenvalue weighted by Crippen LogP contribution is 2.00. The van der Waals surface area contributed by atoms with Gasteiger partial charge in [0, 0.05) is 5.92 Å². The van der Waals surface area contributed by atoms with Crippen LogP contribution in [0.1, 0.15) is 13.8 Å². The Labute approximate surface area is 62.2 Å². The third-order valence-corrected chi connectivity index (χ3v) is 1.24. The zero-order chi connectivity index (χ0) is 7.98. The predicted octanol–water partition coefficient (Wildman–Crippen LogP) is 0.799. The summed E-state index contributed by atoms with van der Waals surface area (Å²) in [4.78, 5) is 0. The molecule has 0 saturated carbocycles. The van der Waals surface area contributed by atoms with E-state index in [4.69, 9.17) is 10.2 Å². The summed E-state index contributed by atoms with van der Waals surface area (Å²) in [6.45, 7) is 4.17. The predicted molar refractivity (Wildman–Crippen MR) is 41.6 cm³/mol. The number of aliphatic hydroxyl groups excluding tert-OH is 2. The first-order chi connectivity index (χ1) is 4.70. The van der Waals surface area contributed by atoms with Crippen LogP contribution in [0.3, 0.4) is 0 Å². The highest BCUT2D eigenvalue weighted by Gasteiger charge is 1.98. The molecule has 0 radical (unpaired) electrons.